The number of nitrogens with two attached hydrogens (primary N) is 1. The summed E-state index contributed by atoms with van der Waals surface area (Å²) < 4.78 is 6.87. The van der Waals surface area contributed by atoms with Crippen molar-refractivity contribution in [3.63, 3.8) is 0 Å². The number of carbonyl (C=O) groups is 3. The standard InChI is InChI=1S/C12H13N7O5S/c13-5(20)1-18-12(15-16-17-18)25-2-4-7(11(22)23)19-8-6(10(19)21)14-3-24-9(4)8/h6,8-9,14H,1-3H2,(H2,13,20)(H,22,23)/t6-,8-,9?/m0/s1. The monoisotopic (exact) mass is 367 g/mol. The Morgan fingerprint density at radius 3 is 3.00 bits per heavy atom. The predicted molar refractivity (Wildman–Crippen MR) is 79.7 cm³/mol. The van der Waals surface area contributed by atoms with E-state index in [4.69, 9.17) is 10.5 Å². The first-order valence-corrected chi connectivity index (χ1v) is 8.29. The van der Waals surface area contributed by atoms with Crippen LogP contribution in [0.4, 0.5) is 0 Å². The first-order chi connectivity index (χ1) is 12.0. The van der Waals surface area contributed by atoms with Gasteiger partial charge in [0.15, 0.2) is 0 Å². The molecule has 0 radical (unpaired) electrons. The molecule has 3 atom stereocenters. The van der Waals surface area contributed by atoms with Gasteiger partial charge in [-0.15, -0.1) is 5.10 Å². The van der Waals surface area contributed by atoms with Gasteiger partial charge in [0.25, 0.3) is 0 Å². The van der Waals surface area contributed by atoms with Crippen molar-refractivity contribution in [1.29, 1.82) is 0 Å². The van der Waals surface area contributed by atoms with Crippen molar-refractivity contribution in [3.05, 3.63) is 11.3 Å². The third-order valence-electron chi connectivity index (χ3n) is 4.27. The van der Waals surface area contributed by atoms with E-state index in [-0.39, 0.29) is 36.7 Å². The number of aromatic nitrogens is 4. The lowest BCUT2D eigenvalue weighted by molar-refractivity contribution is -0.163. The van der Waals surface area contributed by atoms with E-state index in [0.29, 0.717) is 10.7 Å². The number of nitrogens with zero attached hydrogens (tertiary/aromatic N) is 5. The molecule has 1 aromatic heterocycles. The number of primary amides is 1. The quantitative estimate of drug-likeness (QED) is 0.351. The number of nitrogens with one attached hydrogen (secondary N) is 1. The molecule has 4 heterocycles. The summed E-state index contributed by atoms with van der Waals surface area (Å²) in [6.07, 6.45) is -0.483. The summed E-state index contributed by atoms with van der Waals surface area (Å²) in [6, 6.07) is -0.764. The van der Waals surface area contributed by atoms with Crippen LogP contribution in [0.1, 0.15) is 0 Å². The minimum atomic E-state index is -1.18. The summed E-state index contributed by atoms with van der Waals surface area (Å²) in [4.78, 5) is 36.1. The van der Waals surface area contributed by atoms with Gasteiger partial charge in [0, 0.05) is 11.3 Å². The summed E-state index contributed by atoms with van der Waals surface area (Å²) in [5.74, 6) is -1.84. The Hall–Kier alpha value is -2.51. The molecule has 4 N–H and O–H groups in total. The molecule has 0 aliphatic carbocycles. The second-order valence-corrected chi connectivity index (χ2v) is 6.61. The molecule has 132 valence electrons. The maximum absolute atomic E-state index is 12.1. The molecule has 4 rings (SSSR count). The molecular weight excluding hydrogens is 354 g/mol. The Morgan fingerprint density at radius 2 is 2.28 bits per heavy atom. The number of amides is 2. The summed E-state index contributed by atoms with van der Waals surface area (Å²) in [5.41, 5.74) is 5.58. The number of tetrazole rings is 1. The van der Waals surface area contributed by atoms with Crippen LogP contribution in [0.5, 0.6) is 0 Å². The highest BCUT2D eigenvalue weighted by molar-refractivity contribution is 7.99. The number of hydrogen-bond donors (Lipinski definition) is 3. The normalized spacial score (nSPS) is 27.3. The lowest BCUT2D eigenvalue weighted by Crippen LogP contribution is -2.73. The molecule has 1 unspecified atom stereocenters. The molecule has 3 aliphatic heterocycles. The zero-order valence-corrected chi connectivity index (χ0v) is 13.5. The molecule has 2 amide bonds. The Kier molecular flexibility index (Phi) is 3.70. The second-order valence-electron chi connectivity index (χ2n) is 5.67. The van der Waals surface area contributed by atoms with Crippen LogP contribution < -0.4 is 11.1 Å². The van der Waals surface area contributed by atoms with Gasteiger partial charge >= 0.3 is 5.97 Å². The van der Waals surface area contributed by atoms with Gasteiger partial charge in [-0.05, 0) is 10.4 Å². The van der Waals surface area contributed by atoms with Crippen molar-refractivity contribution in [2.45, 2.75) is 29.9 Å². The van der Waals surface area contributed by atoms with Gasteiger partial charge in [-0.1, -0.05) is 11.8 Å². The van der Waals surface area contributed by atoms with Gasteiger partial charge < -0.3 is 15.6 Å². The number of hydrogen-bond acceptors (Lipinski definition) is 9. The van der Waals surface area contributed by atoms with E-state index >= 15 is 0 Å². The van der Waals surface area contributed by atoms with Crippen molar-refractivity contribution in [2.24, 2.45) is 5.73 Å². The Bertz CT molecular complexity index is 808. The van der Waals surface area contributed by atoms with Crippen molar-refractivity contribution >= 4 is 29.5 Å². The van der Waals surface area contributed by atoms with Gasteiger partial charge in [-0.2, -0.15) is 0 Å². The van der Waals surface area contributed by atoms with E-state index in [2.05, 4.69) is 20.8 Å². The molecule has 3 aliphatic rings. The molecule has 13 heteroatoms. The second kappa shape index (κ2) is 5.79. The average molecular weight is 367 g/mol. The predicted octanol–water partition coefficient (Wildman–Crippen LogP) is -2.87. The van der Waals surface area contributed by atoms with Gasteiger partial charge in [-0.3, -0.25) is 19.8 Å². The van der Waals surface area contributed by atoms with Crippen molar-refractivity contribution < 1.29 is 24.2 Å². The summed E-state index contributed by atoms with van der Waals surface area (Å²) in [7, 11) is 0. The van der Waals surface area contributed by atoms with E-state index < -0.39 is 24.0 Å². The molecule has 2 fully saturated rings. The molecule has 12 nitrogen and oxygen atoms in total. The lowest BCUT2D eigenvalue weighted by Gasteiger charge is -2.48. The van der Waals surface area contributed by atoms with Crippen LogP contribution in [0.3, 0.4) is 0 Å². The van der Waals surface area contributed by atoms with Crippen LogP contribution in [0.15, 0.2) is 16.4 Å². The van der Waals surface area contributed by atoms with Crippen molar-refractivity contribution in [3.8, 4) is 0 Å². The SMILES string of the molecule is NC(=O)Cn1nnnc1SCC1=C(C(=O)O)N2C(=O)[C@H]3NCOC1[C@H]32. The van der Waals surface area contributed by atoms with Crippen LogP contribution in [0.25, 0.3) is 0 Å². The van der Waals surface area contributed by atoms with Crippen LogP contribution in [0.2, 0.25) is 0 Å². The summed E-state index contributed by atoms with van der Waals surface area (Å²) >= 11 is 1.15. The summed E-state index contributed by atoms with van der Waals surface area (Å²) in [5, 5.41) is 23.7. The van der Waals surface area contributed by atoms with E-state index in [0.717, 1.165) is 11.8 Å². The van der Waals surface area contributed by atoms with E-state index in [1.54, 1.807) is 0 Å². The maximum Gasteiger partial charge on any atom is 0.352 e. The largest absolute Gasteiger partial charge is 0.477 e. The first-order valence-electron chi connectivity index (χ1n) is 7.30. The zero-order valence-electron chi connectivity index (χ0n) is 12.7. The minimum absolute atomic E-state index is 0.0543. The van der Waals surface area contributed by atoms with E-state index in [1.807, 2.05) is 0 Å². The van der Waals surface area contributed by atoms with E-state index in [1.165, 1.54) is 9.58 Å². The zero-order chi connectivity index (χ0) is 17.7. The van der Waals surface area contributed by atoms with Gasteiger partial charge in [-0.25, -0.2) is 9.48 Å². The van der Waals surface area contributed by atoms with Crippen molar-refractivity contribution in [1.82, 2.24) is 30.4 Å². The molecule has 25 heavy (non-hydrogen) atoms. The number of carboxylic acids is 1. The fourth-order valence-electron chi connectivity index (χ4n) is 3.29. The number of thioether (sulfide) groups is 1. The lowest BCUT2D eigenvalue weighted by atomic mass is 9.91. The highest BCUT2D eigenvalue weighted by Crippen LogP contribution is 2.43. The Labute approximate surface area is 144 Å². The molecule has 2 saturated heterocycles. The van der Waals surface area contributed by atoms with Crippen LogP contribution in [-0.4, -0.2) is 78.7 Å². The van der Waals surface area contributed by atoms with Gasteiger partial charge in [0.1, 0.15) is 24.4 Å². The molecule has 0 bridgehead atoms. The molecular formula is C12H13N7O5S. The molecule has 1 aromatic rings. The Balaban J connectivity index is 1.59. The number of rotatable bonds is 6. The number of β-lactam (4-membered cyclic amide) rings is 1. The number of carboxylic acid groups (broad SMARTS) is 1. The third-order valence-corrected chi connectivity index (χ3v) is 5.28. The van der Waals surface area contributed by atoms with Crippen LogP contribution in [0, 0.1) is 0 Å². The molecule has 0 aromatic carbocycles. The van der Waals surface area contributed by atoms with Crippen LogP contribution >= 0.6 is 11.8 Å². The van der Waals surface area contributed by atoms with Crippen molar-refractivity contribution in [2.75, 3.05) is 12.5 Å². The fourth-order valence-corrected chi connectivity index (χ4v) is 4.22. The Morgan fingerprint density at radius 1 is 1.48 bits per heavy atom. The topological polar surface area (TPSA) is 166 Å². The highest BCUT2D eigenvalue weighted by atomic mass is 32.2. The highest BCUT2D eigenvalue weighted by Gasteiger charge is 2.62. The first kappa shape index (κ1) is 16.0. The number of carbonyl (C=O) groups excluding carboxylic acids is 2. The number of ether oxygens (including phenoxy) is 1. The number of aliphatic carboxylic acids is 1. The minimum Gasteiger partial charge on any atom is -0.477 e. The molecule has 0 spiro atoms. The third kappa shape index (κ3) is 2.39. The van der Waals surface area contributed by atoms with Gasteiger partial charge in [0.2, 0.25) is 17.0 Å². The molecule has 0 saturated carbocycles. The average Bonchev–Trinajstić information content (AvgIpc) is 3.12. The summed E-state index contributed by atoms with van der Waals surface area (Å²) in [6.45, 7) is -0.00871. The smallest absolute Gasteiger partial charge is 0.352 e. The van der Waals surface area contributed by atoms with Crippen LogP contribution in [-0.2, 0) is 25.7 Å². The van der Waals surface area contributed by atoms with E-state index in [9.17, 15) is 19.5 Å². The van der Waals surface area contributed by atoms with Gasteiger partial charge in [0.05, 0.1) is 12.8 Å². The maximum atomic E-state index is 12.1. The fraction of sp³-hybridized carbons (Fsp3) is 0.500.